The first-order chi connectivity index (χ1) is 12.3. The number of anilines is 1. The largest absolute Gasteiger partial charge is 0.346 e. The van der Waals surface area contributed by atoms with E-state index in [1.807, 2.05) is 24.5 Å². The maximum atomic E-state index is 4.85. The van der Waals surface area contributed by atoms with Crippen molar-refractivity contribution in [2.45, 2.75) is 13.0 Å². The number of thiazole rings is 1. The Kier molecular flexibility index (Phi) is 4.76. The number of aromatic nitrogens is 2. The summed E-state index contributed by atoms with van der Waals surface area (Å²) in [6.07, 6.45) is 3.81. The van der Waals surface area contributed by atoms with Crippen molar-refractivity contribution in [1.29, 1.82) is 0 Å². The monoisotopic (exact) mass is 350 g/mol. The molecular weight excluding hydrogens is 328 g/mol. The summed E-state index contributed by atoms with van der Waals surface area (Å²) in [5.41, 5.74) is 3.55. The van der Waals surface area contributed by atoms with Crippen molar-refractivity contribution in [2.75, 3.05) is 31.1 Å². The molecule has 0 bridgehead atoms. The fourth-order valence-electron chi connectivity index (χ4n) is 3.29. The average molecular weight is 350 g/mol. The average Bonchev–Trinajstić information content (AvgIpc) is 3.19. The molecule has 5 heteroatoms. The molecule has 2 aromatic heterocycles. The van der Waals surface area contributed by atoms with Crippen LogP contribution in [0.15, 0.2) is 60.2 Å². The zero-order valence-corrected chi connectivity index (χ0v) is 15.2. The van der Waals surface area contributed by atoms with Crippen molar-refractivity contribution in [3.63, 3.8) is 0 Å². The van der Waals surface area contributed by atoms with Crippen molar-refractivity contribution in [3.05, 3.63) is 65.8 Å². The van der Waals surface area contributed by atoms with Crippen molar-refractivity contribution in [3.8, 4) is 11.3 Å². The molecule has 1 atom stereocenters. The molecule has 1 aliphatic rings. The van der Waals surface area contributed by atoms with Crippen LogP contribution in [0.1, 0.15) is 18.5 Å². The van der Waals surface area contributed by atoms with E-state index in [9.17, 15) is 0 Å². The minimum Gasteiger partial charge on any atom is -0.346 e. The highest BCUT2D eigenvalue weighted by Crippen LogP contribution is 2.29. The molecule has 1 fully saturated rings. The summed E-state index contributed by atoms with van der Waals surface area (Å²) in [5, 5.41) is 3.29. The van der Waals surface area contributed by atoms with E-state index in [2.05, 4.69) is 57.4 Å². The lowest BCUT2D eigenvalue weighted by Gasteiger charge is -2.38. The first-order valence-electron chi connectivity index (χ1n) is 8.71. The molecular formula is C20H22N4S. The van der Waals surface area contributed by atoms with E-state index in [-0.39, 0.29) is 0 Å². The van der Waals surface area contributed by atoms with Crippen LogP contribution in [0, 0.1) is 0 Å². The number of hydrogen-bond donors (Lipinski definition) is 0. The molecule has 1 aliphatic heterocycles. The van der Waals surface area contributed by atoms with Crippen LogP contribution in [0.3, 0.4) is 0 Å². The Morgan fingerprint density at radius 3 is 2.52 bits per heavy atom. The van der Waals surface area contributed by atoms with Crippen LogP contribution in [-0.4, -0.2) is 41.0 Å². The molecule has 0 aliphatic carbocycles. The molecule has 128 valence electrons. The van der Waals surface area contributed by atoms with Gasteiger partial charge in [-0.3, -0.25) is 9.88 Å². The number of pyridine rings is 1. The van der Waals surface area contributed by atoms with E-state index in [1.165, 1.54) is 11.1 Å². The Morgan fingerprint density at radius 1 is 1.00 bits per heavy atom. The van der Waals surface area contributed by atoms with Gasteiger partial charge >= 0.3 is 0 Å². The minimum absolute atomic E-state index is 0.409. The van der Waals surface area contributed by atoms with Crippen molar-refractivity contribution in [1.82, 2.24) is 14.9 Å². The first-order valence-corrected chi connectivity index (χ1v) is 9.59. The molecule has 0 spiro atoms. The highest BCUT2D eigenvalue weighted by Gasteiger charge is 2.23. The third-order valence-corrected chi connectivity index (χ3v) is 5.76. The van der Waals surface area contributed by atoms with E-state index in [0.717, 1.165) is 37.0 Å². The van der Waals surface area contributed by atoms with E-state index in [1.54, 1.807) is 11.3 Å². The lowest BCUT2D eigenvalue weighted by Crippen LogP contribution is -2.47. The normalized spacial score (nSPS) is 16.8. The fourth-order valence-corrected chi connectivity index (χ4v) is 4.17. The number of benzene rings is 1. The predicted octanol–water partition coefficient (Wildman–Crippen LogP) is 4.09. The van der Waals surface area contributed by atoms with Gasteiger partial charge in [0.1, 0.15) is 0 Å². The molecule has 0 amide bonds. The number of rotatable bonds is 4. The van der Waals surface area contributed by atoms with Gasteiger partial charge in [-0.05, 0) is 18.6 Å². The molecule has 3 aromatic rings. The third kappa shape index (κ3) is 3.57. The Bertz CT molecular complexity index is 795. The zero-order valence-electron chi connectivity index (χ0n) is 14.4. The summed E-state index contributed by atoms with van der Waals surface area (Å²) in [6, 6.07) is 15.0. The Balaban J connectivity index is 1.40. The lowest BCUT2D eigenvalue weighted by molar-refractivity contribution is 0.198. The van der Waals surface area contributed by atoms with Gasteiger partial charge in [0.05, 0.1) is 5.69 Å². The highest BCUT2D eigenvalue weighted by molar-refractivity contribution is 7.14. The number of hydrogen-bond acceptors (Lipinski definition) is 5. The fraction of sp³-hybridized carbons (Fsp3) is 0.300. The highest BCUT2D eigenvalue weighted by atomic mass is 32.1. The van der Waals surface area contributed by atoms with Gasteiger partial charge in [0.2, 0.25) is 0 Å². The summed E-state index contributed by atoms with van der Waals surface area (Å²) in [5.74, 6) is 0. The SMILES string of the molecule is CC(c1cccnc1)N1CCN(c2nc(-c3ccccc3)cs2)CC1. The van der Waals surface area contributed by atoms with Gasteiger partial charge in [-0.2, -0.15) is 0 Å². The zero-order chi connectivity index (χ0) is 17.1. The van der Waals surface area contributed by atoms with Crippen molar-refractivity contribution >= 4 is 16.5 Å². The molecule has 4 rings (SSSR count). The summed E-state index contributed by atoms with van der Waals surface area (Å²) in [4.78, 5) is 14.0. The topological polar surface area (TPSA) is 32.3 Å². The molecule has 0 radical (unpaired) electrons. The van der Waals surface area contributed by atoms with Gasteiger partial charge in [0, 0.05) is 55.6 Å². The van der Waals surface area contributed by atoms with Gasteiger partial charge in [-0.1, -0.05) is 36.4 Å². The van der Waals surface area contributed by atoms with Gasteiger partial charge in [-0.15, -0.1) is 11.3 Å². The van der Waals surface area contributed by atoms with E-state index in [0.29, 0.717) is 6.04 Å². The Hall–Kier alpha value is -2.24. The molecule has 4 nitrogen and oxygen atoms in total. The second-order valence-corrected chi connectivity index (χ2v) is 7.20. The number of piperazine rings is 1. The van der Waals surface area contributed by atoms with Crippen LogP contribution >= 0.6 is 11.3 Å². The second kappa shape index (κ2) is 7.33. The molecule has 3 heterocycles. The molecule has 25 heavy (non-hydrogen) atoms. The van der Waals surface area contributed by atoms with Gasteiger partial charge in [0.15, 0.2) is 5.13 Å². The molecule has 0 N–H and O–H groups in total. The molecule has 1 unspecified atom stereocenters. The Morgan fingerprint density at radius 2 is 1.80 bits per heavy atom. The van der Waals surface area contributed by atoms with Crippen LogP contribution in [0.4, 0.5) is 5.13 Å². The second-order valence-electron chi connectivity index (χ2n) is 6.37. The van der Waals surface area contributed by atoms with Crippen LogP contribution in [0.25, 0.3) is 11.3 Å². The summed E-state index contributed by atoms with van der Waals surface area (Å²) in [7, 11) is 0. The lowest BCUT2D eigenvalue weighted by atomic mass is 10.1. The van der Waals surface area contributed by atoms with Gasteiger partial charge in [-0.25, -0.2) is 4.98 Å². The maximum absolute atomic E-state index is 4.85. The first kappa shape index (κ1) is 16.2. The molecule has 0 saturated carbocycles. The van der Waals surface area contributed by atoms with Gasteiger partial charge in [0.25, 0.3) is 0 Å². The Labute approximate surface area is 152 Å². The van der Waals surface area contributed by atoms with Crippen LogP contribution < -0.4 is 4.90 Å². The smallest absolute Gasteiger partial charge is 0.185 e. The van der Waals surface area contributed by atoms with Crippen LogP contribution in [0.2, 0.25) is 0 Å². The standard InChI is InChI=1S/C20H22N4S/c1-16(18-8-5-9-21-14-18)23-10-12-24(13-11-23)20-22-19(15-25-20)17-6-3-2-4-7-17/h2-9,14-16H,10-13H2,1H3. The third-order valence-electron chi connectivity index (χ3n) is 4.86. The van der Waals surface area contributed by atoms with Gasteiger partial charge < -0.3 is 4.90 Å². The summed E-state index contributed by atoms with van der Waals surface area (Å²) in [6.45, 7) is 6.41. The van der Waals surface area contributed by atoms with Crippen LogP contribution in [-0.2, 0) is 0 Å². The van der Waals surface area contributed by atoms with Crippen LogP contribution in [0.5, 0.6) is 0 Å². The van der Waals surface area contributed by atoms with E-state index < -0.39 is 0 Å². The summed E-state index contributed by atoms with van der Waals surface area (Å²) < 4.78 is 0. The minimum atomic E-state index is 0.409. The maximum Gasteiger partial charge on any atom is 0.185 e. The molecule has 1 saturated heterocycles. The quantitative estimate of drug-likeness (QED) is 0.709. The van der Waals surface area contributed by atoms with E-state index >= 15 is 0 Å². The van der Waals surface area contributed by atoms with Crippen molar-refractivity contribution in [2.24, 2.45) is 0 Å². The van der Waals surface area contributed by atoms with E-state index in [4.69, 9.17) is 4.98 Å². The van der Waals surface area contributed by atoms with Crippen molar-refractivity contribution < 1.29 is 0 Å². The predicted molar refractivity (Wildman–Crippen MR) is 104 cm³/mol. The molecule has 1 aromatic carbocycles. The number of nitrogens with zero attached hydrogens (tertiary/aromatic N) is 4. The summed E-state index contributed by atoms with van der Waals surface area (Å²) >= 11 is 1.74.